The summed E-state index contributed by atoms with van der Waals surface area (Å²) in [5, 5.41) is 4.61. The third-order valence-electron chi connectivity index (χ3n) is 4.16. The highest BCUT2D eigenvalue weighted by molar-refractivity contribution is 5.98. The lowest BCUT2D eigenvalue weighted by Crippen LogP contribution is -2.35. The molecular weight excluding hydrogens is 322 g/mol. The number of nitrogens with one attached hydrogen (secondary N) is 1. The molecule has 0 radical (unpaired) electrons. The molecule has 1 heterocycles. The Morgan fingerprint density at radius 2 is 2.00 bits per heavy atom. The maximum atomic E-state index is 12.0. The Balaban J connectivity index is 1.68. The van der Waals surface area contributed by atoms with Gasteiger partial charge in [0, 0.05) is 13.2 Å². The highest BCUT2D eigenvalue weighted by Gasteiger charge is 2.18. The molecule has 25 heavy (non-hydrogen) atoms. The normalized spacial score (nSPS) is 16.6. The summed E-state index contributed by atoms with van der Waals surface area (Å²) in [6.07, 6.45) is 2.06. The Bertz CT molecular complexity index is 767. The van der Waals surface area contributed by atoms with Crippen LogP contribution in [-0.2, 0) is 14.3 Å². The number of carbonyl (C=O) groups excluding carboxylic acids is 2. The van der Waals surface area contributed by atoms with Gasteiger partial charge in [0.1, 0.15) is 11.3 Å². The fourth-order valence-corrected chi connectivity index (χ4v) is 2.84. The van der Waals surface area contributed by atoms with Crippen LogP contribution in [0.4, 0.5) is 0 Å². The molecule has 0 unspecified atom stereocenters. The van der Waals surface area contributed by atoms with Crippen LogP contribution in [0.5, 0.6) is 5.75 Å². The van der Waals surface area contributed by atoms with Crippen molar-refractivity contribution in [2.75, 3.05) is 26.9 Å². The third kappa shape index (κ3) is 4.28. The molecule has 0 aromatic heterocycles. The number of ether oxygens (including phenoxy) is 3. The first-order valence-corrected chi connectivity index (χ1v) is 8.29. The topological polar surface area (TPSA) is 73.9 Å². The summed E-state index contributed by atoms with van der Waals surface area (Å²) in [5.74, 6) is -0.419. The van der Waals surface area contributed by atoms with Crippen molar-refractivity contribution in [1.82, 2.24) is 5.32 Å². The van der Waals surface area contributed by atoms with Crippen molar-refractivity contribution < 1.29 is 23.8 Å². The molecule has 3 rings (SSSR count). The van der Waals surface area contributed by atoms with Gasteiger partial charge in [-0.15, -0.1) is 0 Å². The second kappa shape index (κ2) is 7.98. The van der Waals surface area contributed by atoms with Crippen molar-refractivity contribution in [1.29, 1.82) is 0 Å². The van der Waals surface area contributed by atoms with Gasteiger partial charge in [0.25, 0.3) is 5.91 Å². The molecule has 0 spiro atoms. The number of carbonyl (C=O) groups is 2. The molecule has 1 amide bonds. The van der Waals surface area contributed by atoms with Gasteiger partial charge in [-0.1, -0.05) is 24.3 Å². The Morgan fingerprint density at radius 3 is 2.68 bits per heavy atom. The van der Waals surface area contributed by atoms with E-state index in [0.717, 1.165) is 30.2 Å². The predicted octanol–water partition coefficient (Wildman–Crippen LogP) is 2.30. The van der Waals surface area contributed by atoms with Gasteiger partial charge in [-0.2, -0.15) is 0 Å². The third-order valence-corrected chi connectivity index (χ3v) is 4.16. The molecule has 1 fully saturated rings. The standard InChI is InChI=1S/C19H21NO5/c1-23-19(22)16-9-13-5-2-3-6-14(13)10-17(16)25-12-18(21)20-11-15-7-4-8-24-15/h2-3,5-6,9-10,15H,4,7-8,11-12H2,1H3,(H,20,21)/t15-/m0/s1. The maximum absolute atomic E-state index is 12.0. The lowest BCUT2D eigenvalue weighted by Gasteiger charge is -2.13. The molecule has 1 N–H and O–H groups in total. The Kier molecular flexibility index (Phi) is 5.50. The molecule has 1 atom stereocenters. The van der Waals surface area contributed by atoms with Crippen molar-refractivity contribution in [2.24, 2.45) is 0 Å². The van der Waals surface area contributed by atoms with E-state index in [9.17, 15) is 9.59 Å². The largest absolute Gasteiger partial charge is 0.483 e. The van der Waals surface area contributed by atoms with Gasteiger partial charge in [-0.25, -0.2) is 4.79 Å². The molecule has 2 aromatic carbocycles. The number of fused-ring (bicyclic) bond motifs is 1. The van der Waals surface area contributed by atoms with E-state index >= 15 is 0 Å². The monoisotopic (exact) mass is 343 g/mol. The van der Waals surface area contributed by atoms with E-state index in [4.69, 9.17) is 14.2 Å². The molecule has 6 heteroatoms. The molecule has 6 nitrogen and oxygen atoms in total. The Labute approximate surface area is 146 Å². The van der Waals surface area contributed by atoms with Gasteiger partial charge in [-0.3, -0.25) is 4.79 Å². The second-order valence-electron chi connectivity index (χ2n) is 5.91. The van der Waals surface area contributed by atoms with Crippen molar-refractivity contribution in [3.05, 3.63) is 42.0 Å². The summed E-state index contributed by atoms with van der Waals surface area (Å²) in [6.45, 7) is 1.05. The number of methoxy groups -OCH3 is 1. The Hall–Kier alpha value is -2.60. The summed E-state index contributed by atoms with van der Waals surface area (Å²) in [6, 6.07) is 11.1. The summed E-state index contributed by atoms with van der Waals surface area (Å²) in [5.41, 5.74) is 0.299. The van der Waals surface area contributed by atoms with Gasteiger partial charge in [0.15, 0.2) is 6.61 Å². The van der Waals surface area contributed by atoms with Crippen LogP contribution >= 0.6 is 0 Å². The molecule has 0 bridgehead atoms. The summed E-state index contributed by atoms with van der Waals surface area (Å²) in [4.78, 5) is 24.0. The van der Waals surface area contributed by atoms with Crippen molar-refractivity contribution in [3.63, 3.8) is 0 Å². The van der Waals surface area contributed by atoms with Crippen LogP contribution in [-0.4, -0.2) is 44.8 Å². The first kappa shape index (κ1) is 17.2. The number of benzene rings is 2. The van der Waals surface area contributed by atoms with E-state index < -0.39 is 5.97 Å². The second-order valence-corrected chi connectivity index (χ2v) is 5.91. The molecule has 1 saturated heterocycles. The first-order valence-electron chi connectivity index (χ1n) is 8.29. The molecule has 0 saturated carbocycles. The molecule has 0 aliphatic carbocycles. The minimum atomic E-state index is -0.500. The van der Waals surface area contributed by atoms with Crippen LogP contribution in [0.25, 0.3) is 10.8 Å². The number of hydrogen-bond donors (Lipinski definition) is 1. The van der Waals surface area contributed by atoms with Crippen LogP contribution in [0.15, 0.2) is 36.4 Å². The van der Waals surface area contributed by atoms with Gasteiger partial charge in [0.2, 0.25) is 0 Å². The van der Waals surface area contributed by atoms with E-state index in [0.29, 0.717) is 17.9 Å². The average Bonchev–Trinajstić information content (AvgIpc) is 3.16. The molecule has 132 valence electrons. The van der Waals surface area contributed by atoms with Crippen LogP contribution in [0.1, 0.15) is 23.2 Å². The van der Waals surface area contributed by atoms with Crippen LogP contribution < -0.4 is 10.1 Å². The molecule has 1 aliphatic heterocycles. The van der Waals surface area contributed by atoms with Gasteiger partial charge in [-0.05, 0) is 35.7 Å². The van der Waals surface area contributed by atoms with E-state index in [1.54, 1.807) is 12.1 Å². The first-order chi connectivity index (χ1) is 12.2. The SMILES string of the molecule is COC(=O)c1cc2ccccc2cc1OCC(=O)NC[C@@H]1CCCO1. The molecule has 2 aromatic rings. The van der Waals surface area contributed by atoms with Crippen LogP contribution in [0.2, 0.25) is 0 Å². The smallest absolute Gasteiger partial charge is 0.341 e. The average molecular weight is 343 g/mol. The fraction of sp³-hybridized carbons (Fsp3) is 0.368. The van der Waals surface area contributed by atoms with E-state index in [1.807, 2.05) is 24.3 Å². The zero-order chi connectivity index (χ0) is 17.6. The highest BCUT2D eigenvalue weighted by atomic mass is 16.5. The number of amides is 1. The lowest BCUT2D eigenvalue weighted by atomic mass is 10.1. The predicted molar refractivity (Wildman–Crippen MR) is 92.8 cm³/mol. The van der Waals surface area contributed by atoms with Gasteiger partial charge < -0.3 is 19.5 Å². The zero-order valence-electron chi connectivity index (χ0n) is 14.1. The minimum absolute atomic E-state index is 0.0789. The Morgan fingerprint density at radius 1 is 1.24 bits per heavy atom. The van der Waals surface area contributed by atoms with Crippen LogP contribution in [0.3, 0.4) is 0 Å². The van der Waals surface area contributed by atoms with Gasteiger partial charge in [0.05, 0.1) is 13.2 Å². The molecular formula is C19H21NO5. The zero-order valence-corrected chi connectivity index (χ0v) is 14.1. The minimum Gasteiger partial charge on any atom is -0.483 e. The van der Waals surface area contributed by atoms with Gasteiger partial charge >= 0.3 is 5.97 Å². The van der Waals surface area contributed by atoms with Crippen molar-refractivity contribution in [2.45, 2.75) is 18.9 Å². The van der Waals surface area contributed by atoms with E-state index in [-0.39, 0.29) is 18.6 Å². The number of esters is 1. The fourth-order valence-electron chi connectivity index (χ4n) is 2.84. The number of rotatable bonds is 6. The molecule has 1 aliphatic rings. The summed E-state index contributed by atoms with van der Waals surface area (Å²) < 4.78 is 15.9. The highest BCUT2D eigenvalue weighted by Crippen LogP contribution is 2.26. The quantitative estimate of drug-likeness (QED) is 0.815. The van der Waals surface area contributed by atoms with Crippen molar-refractivity contribution >= 4 is 22.6 Å². The van der Waals surface area contributed by atoms with Crippen molar-refractivity contribution in [3.8, 4) is 5.75 Å². The van der Waals surface area contributed by atoms with E-state index in [1.165, 1.54) is 7.11 Å². The maximum Gasteiger partial charge on any atom is 0.341 e. The lowest BCUT2D eigenvalue weighted by molar-refractivity contribution is -0.123. The van der Waals surface area contributed by atoms with Crippen LogP contribution in [0, 0.1) is 0 Å². The number of hydrogen-bond acceptors (Lipinski definition) is 5. The van der Waals surface area contributed by atoms with E-state index in [2.05, 4.69) is 5.32 Å². The summed E-state index contributed by atoms with van der Waals surface area (Å²) in [7, 11) is 1.32. The summed E-state index contributed by atoms with van der Waals surface area (Å²) >= 11 is 0.